The lowest BCUT2D eigenvalue weighted by molar-refractivity contribution is 0.0914. The minimum absolute atomic E-state index is 0.187. The maximum atomic E-state index is 11.9. The van der Waals surface area contributed by atoms with Crippen LogP contribution < -0.4 is 11.1 Å². The van der Waals surface area contributed by atoms with Crippen LogP contribution in [0.3, 0.4) is 0 Å². The van der Waals surface area contributed by atoms with Crippen molar-refractivity contribution in [2.45, 2.75) is 33.2 Å². The van der Waals surface area contributed by atoms with E-state index in [4.69, 9.17) is 5.73 Å². The first-order chi connectivity index (χ1) is 7.35. The molecule has 0 bridgehead atoms. The van der Waals surface area contributed by atoms with Crippen molar-refractivity contribution in [2.24, 2.45) is 5.73 Å². The SMILES string of the molecule is Cc1ncc(C(=O)NC(C)(C)CN)c(C)n1. The zero-order valence-electron chi connectivity index (χ0n) is 10.2. The summed E-state index contributed by atoms with van der Waals surface area (Å²) >= 11 is 0. The largest absolute Gasteiger partial charge is 0.346 e. The molecule has 0 atom stereocenters. The van der Waals surface area contributed by atoms with Gasteiger partial charge in [-0.1, -0.05) is 0 Å². The molecule has 0 aliphatic carbocycles. The van der Waals surface area contributed by atoms with Crippen molar-refractivity contribution in [1.29, 1.82) is 0 Å². The van der Waals surface area contributed by atoms with E-state index in [9.17, 15) is 4.79 Å². The lowest BCUT2D eigenvalue weighted by atomic mass is 10.1. The van der Waals surface area contributed by atoms with Crippen LogP contribution in [0.1, 0.15) is 35.7 Å². The zero-order chi connectivity index (χ0) is 12.3. The van der Waals surface area contributed by atoms with Gasteiger partial charge in [-0.2, -0.15) is 0 Å². The number of nitrogens with one attached hydrogen (secondary N) is 1. The van der Waals surface area contributed by atoms with Crippen molar-refractivity contribution < 1.29 is 4.79 Å². The van der Waals surface area contributed by atoms with Crippen molar-refractivity contribution in [3.63, 3.8) is 0 Å². The topological polar surface area (TPSA) is 80.9 Å². The van der Waals surface area contributed by atoms with E-state index in [1.165, 1.54) is 0 Å². The molecule has 0 radical (unpaired) electrons. The molecule has 5 heteroatoms. The van der Waals surface area contributed by atoms with Crippen molar-refractivity contribution in [1.82, 2.24) is 15.3 Å². The Balaban J connectivity index is 2.89. The highest BCUT2D eigenvalue weighted by Gasteiger charge is 2.20. The summed E-state index contributed by atoms with van der Waals surface area (Å²) in [6.45, 7) is 7.70. The molecule has 0 fully saturated rings. The lowest BCUT2D eigenvalue weighted by Gasteiger charge is -2.24. The molecule has 0 aromatic carbocycles. The van der Waals surface area contributed by atoms with Gasteiger partial charge >= 0.3 is 0 Å². The predicted molar refractivity (Wildman–Crippen MR) is 62.1 cm³/mol. The second-order valence-electron chi connectivity index (χ2n) is 4.46. The highest BCUT2D eigenvalue weighted by atomic mass is 16.1. The number of aromatic nitrogens is 2. The van der Waals surface area contributed by atoms with Crippen LogP contribution >= 0.6 is 0 Å². The van der Waals surface area contributed by atoms with E-state index in [0.717, 1.165) is 0 Å². The van der Waals surface area contributed by atoms with Crippen LogP contribution in [0.15, 0.2) is 6.20 Å². The standard InChI is InChI=1S/C11H18N4O/c1-7-9(5-13-8(2)14-7)10(16)15-11(3,4)6-12/h5H,6,12H2,1-4H3,(H,15,16). The molecule has 3 N–H and O–H groups in total. The van der Waals surface area contributed by atoms with Gasteiger partial charge in [0, 0.05) is 18.3 Å². The summed E-state index contributed by atoms with van der Waals surface area (Å²) in [5.41, 5.74) is 6.30. The summed E-state index contributed by atoms with van der Waals surface area (Å²) in [4.78, 5) is 20.1. The van der Waals surface area contributed by atoms with Crippen molar-refractivity contribution >= 4 is 5.91 Å². The Morgan fingerprint density at radius 3 is 2.62 bits per heavy atom. The van der Waals surface area contributed by atoms with Crippen LogP contribution in [-0.4, -0.2) is 28.0 Å². The molecule has 1 amide bonds. The molecule has 0 aliphatic rings. The first-order valence-electron chi connectivity index (χ1n) is 5.18. The van der Waals surface area contributed by atoms with Crippen LogP contribution in [0.4, 0.5) is 0 Å². The Morgan fingerprint density at radius 2 is 2.12 bits per heavy atom. The molecule has 88 valence electrons. The number of amides is 1. The van der Waals surface area contributed by atoms with E-state index in [0.29, 0.717) is 23.6 Å². The molecule has 5 nitrogen and oxygen atoms in total. The quantitative estimate of drug-likeness (QED) is 0.783. The summed E-state index contributed by atoms with van der Waals surface area (Å²) in [5.74, 6) is 0.472. The smallest absolute Gasteiger partial charge is 0.255 e. The second kappa shape index (κ2) is 4.57. The first-order valence-corrected chi connectivity index (χ1v) is 5.18. The predicted octanol–water partition coefficient (Wildman–Crippen LogP) is 0.561. The fourth-order valence-electron chi connectivity index (χ4n) is 1.23. The van der Waals surface area contributed by atoms with Crippen molar-refractivity contribution in [3.05, 3.63) is 23.3 Å². The molecule has 0 unspecified atom stereocenters. The molecule has 16 heavy (non-hydrogen) atoms. The first kappa shape index (κ1) is 12.6. The van der Waals surface area contributed by atoms with Gasteiger partial charge in [0.15, 0.2) is 0 Å². The van der Waals surface area contributed by atoms with E-state index < -0.39 is 5.54 Å². The molecular formula is C11H18N4O. The van der Waals surface area contributed by atoms with E-state index in [1.807, 2.05) is 13.8 Å². The average molecular weight is 222 g/mol. The number of nitrogens with two attached hydrogens (primary N) is 1. The molecule has 0 spiro atoms. The van der Waals surface area contributed by atoms with Gasteiger partial charge in [0.2, 0.25) is 0 Å². The molecule has 1 aromatic heterocycles. The van der Waals surface area contributed by atoms with E-state index in [-0.39, 0.29) is 5.91 Å². The number of carbonyl (C=O) groups is 1. The van der Waals surface area contributed by atoms with E-state index in [2.05, 4.69) is 15.3 Å². The Morgan fingerprint density at radius 1 is 1.50 bits per heavy atom. The maximum Gasteiger partial charge on any atom is 0.255 e. The third kappa shape index (κ3) is 3.00. The van der Waals surface area contributed by atoms with Crippen LogP contribution in [0, 0.1) is 13.8 Å². The summed E-state index contributed by atoms with van der Waals surface area (Å²) in [7, 11) is 0. The molecular weight excluding hydrogens is 204 g/mol. The van der Waals surface area contributed by atoms with Gasteiger partial charge in [0.1, 0.15) is 5.82 Å². The van der Waals surface area contributed by atoms with Gasteiger partial charge < -0.3 is 11.1 Å². The molecule has 0 saturated heterocycles. The van der Waals surface area contributed by atoms with Gasteiger partial charge in [0.05, 0.1) is 11.3 Å². The third-order valence-corrected chi connectivity index (χ3v) is 2.31. The van der Waals surface area contributed by atoms with Crippen molar-refractivity contribution in [2.75, 3.05) is 6.54 Å². The van der Waals surface area contributed by atoms with Gasteiger partial charge in [-0.05, 0) is 27.7 Å². The Kier molecular flexibility index (Phi) is 3.59. The third-order valence-electron chi connectivity index (χ3n) is 2.31. The van der Waals surface area contributed by atoms with Crippen LogP contribution in [0.5, 0.6) is 0 Å². The summed E-state index contributed by atoms with van der Waals surface area (Å²) < 4.78 is 0. The lowest BCUT2D eigenvalue weighted by Crippen LogP contribution is -2.49. The Hall–Kier alpha value is -1.49. The fraction of sp³-hybridized carbons (Fsp3) is 0.545. The van der Waals surface area contributed by atoms with E-state index in [1.54, 1.807) is 20.0 Å². The minimum atomic E-state index is -0.422. The average Bonchev–Trinajstić information content (AvgIpc) is 2.16. The number of hydrogen-bond donors (Lipinski definition) is 2. The second-order valence-corrected chi connectivity index (χ2v) is 4.46. The number of nitrogens with zero attached hydrogens (tertiary/aromatic N) is 2. The fourth-order valence-corrected chi connectivity index (χ4v) is 1.23. The number of rotatable bonds is 3. The number of aryl methyl sites for hydroxylation is 2. The summed E-state index contributed by atoms with van der Waals surface area (Å²) in [5, 5.41) is 2.84. The van der Waals surface area contributed by atoms with E-state index >= 15 is 0 Å². The van der Waals surface area contributed by atoms with Gasteiger partial charge in [-0.25, -0.2) is 9.97 Å². The maximum absolute atomic E-state index is 11.9. The van der Waals surface area contributed by atoms with Crippen LogP contribution in [-0.2, 0) is 0 Å². The van der Waals surface area contributed by atoms with Crippen LogP contribution in [0.2, 0.25) is 0 Å². The Labute approximate surface area is 95.5 Å². The summed E-state index contributed by atoms with van der Waals surface area (Å²) in [6, 6.07) is 0. The summed E-state index contributed by atoms with van der Waals surface area (Å²) in [6.07, 6.45) is 1.54. The van der Waals surface area contributed by atoms with Gasteiger partial charge in [-0.3, -0.25) is 4.79 Å². The van der Waals surface area contributed by atoms with Crippen LogP contribution in [0.25, 0.3) is 0 Å². The Bertz CT molecular complexity index is 401. The molecule has 1 rings (SSSR count). The highest BCUT2D eigenvalue weighted by molar-refractivity contribution is 5.95. The zero-order valence-corrected chi connectivity index (χ0v) is 10.2. The highest BCUT2D eigenvalue weighted by Crippen LogP contribution is 2.07. The monoisotopic (exact) mass is 222 g/mol. The minimum Gasteiger partial charge on any atom is -0.346 e. The molecule has 0 aliphatic heterocycles. The molecule has 0 saturated carbocycles. The number of hydrogen-bond acceptors (Lipinski definition) is 4. The normalized spacial score (nSPS) is 11.3. The van der Waals surface area contributed by atoms with Crippen molar-refractivity contribution in [3.8, 4) is 0 Å². The molecule has 1 heterocycles. The van der Waals surface area contributed by atoms with Gasteiger partial charge in [0.25, 0.3) is 5.91 Å². The molecule has 1 aromatic rings. The number of carbonyl (C=O) groups excluding carboxylic acids is 1. The van der Waals surface area contributed by atoms with Gasteiger partial charge in [-0.15, -0.1) is 0 Å².